The minimum atomic E-state index is -1.06. The Kier molecular flexibility index (Phi) is 6.11. The molecule has 26 heavy (non-hydrogen) atoms. The average Bonchev–Trinajstić information content (AvgIpc) is 2.60. The fourth-order valence-corrected chi connectivity index (χ4v) is 2.21. The number of ether oxygens (including phenoxy) is 1. The summed E-state index contributed by atoms with van der Waals surface area (Å²) in [6.45, 7) is 6.18. The van der Waals surface area contributed by atoms with Gasteiger partial charge in [0.25, 0.3) is 5.91 Å². The van der Waals surface area contributed by atoms with E-state index in [1.807, 2.05) is 24.3 Å². The highest BCUT2D eigenvalue weighted by Crippen LogP contribution is 2.24. The molecule has 0 aliphatic rings. The van der Waals surface area contributed by atoms with Crippen LogP contribution < -0.4 is 10.2 Å². The summed E-state index contributed by atoms with van der Waals surface area (Å²) in [6.07, 6.45) is 1.29. The maximum atomic E-state index is 11.8. The lowest BCUT2D eigenvalue weighted by Gasteiger charge is -2.19. The Morgan fingerprint density at radius 1 is 1.12 bits per heavy atom. The van der Waals surface area contributed by atoms with Gasteiger partial charge in [-0.15, -0.1) is 0 Å². The molecule has 2 aromatic carbocycles. The van der Waals surface area contributed by atoms with Crippen LogP contribution in [0.15, 0.2) is 53.6 Å². The number of hydrazone groups is 1. The maximum absolute atomic E-state index is 11.8. The van der Waals surface area contributed by atoms with Gasteiger partial charge in [-0.3, -0.25) is 4.79 Å². The first-order chi connectivity index (χ1) is 12.3. The summed E-state index contributed by atoms with van der Waals surface area (Å²) >= 11 is 0. The number of aromatic carboxylic acids is 1. The fourth-order valence-electron chi connectivity index (χ4n) is 2.21. The van der Waals surface area contributed by atoms with Crippen molar-refractivity contribution in [2.75, 3.05) is 6.61 Å². The molecule has 0 radical (unpaired) electrons. The number of hydrogen-bond donors (Lipinski definition) is 2. The molecule has 0 unspecified atom stereocenters. The molecular formula is C20H22N2O4. The summed E-state index contributed by atoms with van der Waals surface area (Å²) in [6, 6.07) is 14.0. The summed E-state index contributed by atoms with van der Waals surface area (Å²) in [7, 11) is 0. The zero-order valence-corrected chi connectivity index (χ0v) is 15.0. The molecule has 0 fully saturated rings. The first-order valence-corrected chi connectivity index (χ1v) is 8.15. The lowest BCUT2D eigenvalue weighted by atomic mass is 9.87. The predicted octanol–water partition coefficient (Wildman–Crippen LogP) is 3.21. The normalized spacial score (nSPS) is 11.3. The van der Waals surface area contributed by atoms with Gasteiger partial charge in [-0.1, -0.05) is 51.1 Å². The summed E-state index contributed by atoms with van der Waals surface area (Å²) in [5, 5.41) is 12.9. The van der Waals surface area contributed by atoms with Gasteiger partial charge in [0.2, 0.25) is 0 Å². The zero-order valence-electron chi connectivity index (χ0n) is 15.0. The van der Waals surface area contributed by atoms with Gasteiger partial charge >= 0.3 is 5.97 Å². The van der Waals surface area contributed by atoms with Crippen molar-refractivity contribution in [3.63, 3.8) is 0 Å². The predicted molar refractivity (Wildman–Crippen MR) is 99.8 cm³/mol. The van der Waals surface area contributed by atoms with Crippen LogP contribution in [0.1, 0.15) is 42.3 Å². The van der Waals surface area contributed by atoms with E-state index in [4.69, 9.17) is 9.84 Å². The minimum Gasteiger partial charge on any atom is -0.484 e. The SMILES string of the molecule is CC(C)(C)c1ccc(OCC(=O)N/N=C\c2ccccc2C(=O)O)cc1. The van der Waals surface area contributed by atoms with Crippen LogP contribution >= 0.6 is 0 Å². The van der Waals surface area contributed by atoms with E-state index in [1.165, 1.54) is 17.8 Å². The number of nitrogens with one attached hydrogen (secondary N) is 1. The van der Waals surface area contributed by atoms with Crippen LogP contribution in [0.2, 0.25) is 0 Å². The Morgan fingerprint density at radius 3 is 2.38 bits per heavy atom. The second-order valence-corrected chi connectivity index (χ2v) is 6.75. The number of carboxylic acids is 1. The van der Waals surface area contributed by atoms with Crippen molar-refractivity contribution in [3.8, 4) is 5.75 Å². The lowest BCUT2D eigenvalue weighted by molar-refractivity contribution is -0.123. The van der Waals surface area contributed by atoms with E-state index < -0.39 is 11.9 Å². The van der Waals surface area contributed by atoms with Crippen LogP contribution in [0.25, 0.3) is 0 Å². The Balaban J connectivity index is 1.87. The van der Waals surface area contributed by atoms with Gasteiger partial charge in [0.15, 0.2) is 6.61 Å². The van der Waals surface area contributed by atoms with Gasteiger partial charge in [0, 0.05) is 5.56 Å². The quantitative estimate of drug-likeness (QED) is 0.616. The number of carbonyl (C=O) groups is 2. The molecule has 2 aromatic rings. The molecule has 2 N–H and O–H groups in total. The molecule has 0 bridgehead atoms. The zero-order chi connectivity index (χ0) is 19.2. The van der Waals surface area contributed by atoms with Crippen LogP contribution in [0.4, 0.5) is 0 Å². The van der Waals surface area contributed by atoms with Gasteiger partial charge in [-0.2, -0.15) is 5.10 Å². The maximum Gasteiger partial charge on any atom is 0.336 e. The van der Waals surface area contributed by atoms with Crippen molar-refractivity contribution in [3.05, 3.63) is 65.2 Å². The van der Waals surface area contributed by atoms with Crippen LogP contribution in [0, 0.1) is 0 Å². The lowest BCUT2D eigenvalue weighted by Crippen LogP contribution is -2.24. The van der Waals surface area contributed by atoms with E-state index in [-0.39, 0.29) is 17.6 Å². The molecule has 0 heterocycles. The van der Waals surface area contributed by atoms with Gasteiger partial charge < -0.3 is 9.84 Å². The summed E-state index contributed by atoms with van der Waals surface area (Å²) in [5.74, 6) is -0.900. The standard InChI is InChI=1S/C20H22N2O4/c1-20(2,3)15-8-10-16(11-9-15)26-13-18(23)22-21-12-14-6-4-5-7-17(14)19(24)25/h4-12H,13H2,1-3H3,(H,22,23)(H,24,25)/b21-12-. The molecule has 0 aliphatic heterocycles. The molecule has 1 amide bonds. The Labute approximate surface area is 152 Å². The van der Waals surface area contributed by atoms with Crippen molar-refractivity contribution in [2.24, 2.45) is 5.10 Å². The molecular weight excluding hydrogens is 332 g/mol. The highest BCUT2D eigenvalue weighted by molar-refractivity contribution is 5.98. The third-order valence-electron chi connectivity index (χ3n) is 3.67. The molecule has 6 heteroatoms. The molecule has 136 valence electrons. The first kappa shape index (κ1) is 19.2. The monoisotopic (exact) mass is 354 g/mol. The van der Waals surface area contributed by atoms with E-state index in [1.54, 1.807) is 18.2 Å². The first-order valence-electron chi connectivity index (χ1n) is 8.15. The van der Waals surface area contributed by atoms with Crippen LogP contribution in [0.3, 0.4) is 0 Å². The summed E-state index contributed by atoms with van der Waals surface area (Å²) < 4.78 is 5.42. The third-order valence-corrected chi connectivity index (χ3v) is 3.67. The molecule has 2 rings (SSSR count). The second-order valence-electron chi connectivity index (χ2n) is 6.75. The summed E-state index contributed by atoms with van der Waals surface area (Å²) in [5.41, 5.74) is 4.06. The smallest absolute Gasteiger partial charge is 0.336 e. The highest BCUT2D eigenvalue weighted by Gasteiger charge is 2.13. The number of hydrogen-bond acceptors (Lipinski definition) is 4. The van der Waals surface area contributed by atoms with Crippen molar-refractivity contribution in [1.29, 1.82) is 0 Å². The molecule has 0 saturated carbocycles. The average molecular weight is 354 g/mol. The number of rotatable bonds is 6. The van der Waals surface area contributed by atoms with E-state index in [0.29, 0.717) is 11.3 Å². The van der Waals surface area contributed by atoms with Crippen molar-refractivity contribution in [2.45, 2.75) is 26.2 Å². The highest BCUT2D eigenvalue weighted by atomic mass is 16.5. The van der Waals surface area contributed by atoms with Gasteiger partial charge in [-0.25, -0.2) is 10.2 Å². The van der Waals surface area contributed by atoms with Crippen molar-refractivity contribution >= 4 is 18.1 Å². The van der Waals surface area contributed by atoms with Crippen LogP contribution in [-0.4, -0.2) is 29.8 Å². The molecule has 0 aromatic heterocycles. The van der Waals surface area contributed by atoms with Crippen molar-refractivity contribution < 1.29 is 19.4 Å². The van der Waals surface area contributed by atoms with Gasteiger partial charge in [0.1, 0.15) is 5.75 Å². The van der Waals surface area contributed by atoms with E-state index in [2.05, 4.69) is 31.3 Å². The Morgan fingerprint density at radius 2 is 1.77 bits per heavy atom. The van der Waals surface area contributed by atoms with Gasteiger partial charge in [-0.05, 0) is 29.2 Å². The van der Waals surface area contributed by atoms with Crippen LogP contribution in [-0.2, 0) is 10.2 Å². The van der Waals surface area contributed by atoms with E-state index >= 15 is 0 Å². The van der Waals surface area contributed by atoms with E-state index in [0.717, 1.165) is 0 Å². The number of carbonyl (C=O) groups excluding carboxylic acids is 1. The van der Waals surface area contributed by atoms with Crippen LogP contribution in [0.5, 0.6) is 5.75 Å². The number of nitrogens with zero attached hydrogens (tertiary/aromatic N) is 1. The Bertz CT molecular complexity index is 805. The molecule has 0 saturated heterocycles. The molecule has 6 nitrogen and oxygen atoms in total. The Hall–Kier alpha value is -3.15. The largest absolute Gasteiger partial charge is 0.484 e. The molecule has 0 aliphatic carbocycles. The van der Waals surface area contributed by atoms with Gasteiger partial charge in [0.05, 0.1) is 11.8 Å². The minimum absolute atomic E-state index is 0.0524. The topological polar surface area (TPSA) is 88.0 Å². The number of amides is 1. The number of benzene rings is 2. The summed E-state index contributed by atoms with van der Waals surface area (Å²) in [4.78, 5) is 22.9. The van der Waals surface area contributed by atoms with Crippen molar-refractivity contribution in [1.82, 2.24) is 5.43 Å². The second kappa shape index (κ2) is 8.29. The third kappa shape index (κ3) is 5.44. The number of carboxylic acid groups (broad SMARTS) is 1. The fraction of sp³-hybridized carbons (Fsp3) is 0.250. The molecule has 0 atom stereocenters. The molecule has 0 spiro atoms. The van der Waals surface area contributed by atoms with E-state index in [9.17, 15) is 9.59 Å².